The standard InChI is InChI=1S/C20H23N3O4S/c1-4-13(2)21-17(24)12-22-15-9-10-28-18(15)19(25)23(20(22)26)11-14-7-5-6-8-16(14)27-3/h5-10,13H,4,11-12H2,1-3H3,(H,21,24)/t13-/m1/s1. The van der Waals surface area contributed by atoms with Crippen molar-refractivity contribution in [2.75, 3.05) is 7.11 Å². The highest BCUT2D eigenvalue weighted by Crippen LogP contribution is 2.19. The zero-order valence-corrected chi connectivity index (χ0v) is 16.9. The molecule has 2 heterocycles. The monoisotopic (exact) mass is 401 g/mol. The highest BCUT2D eigenvalue weighted by atomic mass is 32.1. The van der Waals surface area contributed by atoms with Gasteiger partial charge in [0.1, 0.15) is 17.0 Å². The van der Waals surface area contributed by atoms with E-state index in [-0.39, 0.29) is 30.6 Å². The molecular weight excluding hydrogens is 378 g/mol. The summed E-state index contributed by atoms with van der Waals surface area (Å²) in [7, 11) is 1.54. The minimum atomic E-state index is -0.513. The van der Waals surface area contributed by atoms with Crippen LogP contribution in [0.15, 0.2) is 45.3 Å². The Balaban J connectivity index is 2.08. The molecule has 0 aliphatic heterocycles. The molecule has 3 rings (SSSR count). The Hall–Kier alpha value is -2.87. The van der Waals surface area contributed by atoms with Gasteiger partial charge in [0.05, 0.1) is 19.2 Å². The topological polar surface area (TPSA) is 82.3 Å². The lowest BCUT2D eigenvalue weighted by Crippen LogP contribution is -2.43. The molecule has 0 spiro atoms. The number of hydrogen-bond acceptors (Lipinski definition) is 5. The van der Waals surface area contributed by atoms with Crippen LogP contribution in [0.1, 0.15) is 25.8 Å². The van der Waals surface area contributed by atoms with Crippen LogP contribution in [0.3, 0.4) is 0 Å². The maximum atomic E-state index is 13.1. The van der Waals surface area contributed by atoms with E-state index in [4.69, 9.17) is 4.74 Å². The lowest BCUT2D eigenvalue weighted by molar-refractivity contribution is -0.122. The molecule has 28 heavy (non-hydrogen) atoms. The summed E-state index contributed by atoms with van der Waals surface area (Å²) >= 11 is 1.26. The number of carbonyl (C=O) groups is 1. The molecule has 7 nitrogen and oxygen atoms in total. The van der Waals surface area contributed by atoms with Crippen molar-refractivity contribution in [3.63, 3.8) is 0 Å². The van der Waals surface area contributed by atoms with Crippen molar-refractivity contribution in [2.24, 2.45) is 0 Å². The fourth-order valence-electron chi connectivity index (χ4n) is 3.00. The predicted octanol–water partition coefficient (Wildman–Crippen LogP) is 2.20. The minimum absolute atomic E-state index is 0.0145. The molecule has 1 aromatic carbocycles. The van der Waals surface area contributed by atoms with Gasteiger partial charge in [0.15, 0.2) is 0 Å². The van der Waals surface area contributed by atoms with Crippen molar-refractivity contribution in [3.8, 4) is 5.75 Å². The number of nitrogens with one attached hydrogen (secondary N) is 1. The van der Waals surface area contributed by atoms with Crippen molar-refractivity contribution in [2.45, 2.75) is 39.4 Å². The fourth-order valence-corrected chi connectivity index (χ4v) is 3.84. The number of carbonyl (C=O) groups excluding carboxylic acids is 1. The third-order valence-electron chi connectivity index (χ3n) is 4.68. The van der Waals surface area contributed by atoms with Crippen molar-refractivity contribution in [1.29, 1.82) is 0 Å². The Morgan fingerprint density at radius 2 is 1.96 bits per heavy atom. The van der Waals surface area contributed by atoms with Gasteiger partial charge >= 0.3 is 5.69 Å². The number of amides is 1. The number of fused-ring (bicyclic) bond motifs is 1. The SMILES string of the molecule is CC[C@@H](C)NC(=O)Cn1c(=O)n(Cc2ccccc2OC)c(=O)c2sccc21. The summed E-state index contributed by atoms with van der Waals surface area (Å²) in [6, 6.07) is 8.95. The van der Waals surface area contributed by atoms with E-state index in [1.54, 1.807) is 24.6 Å². The van der Waals surface area contributed by atoms with Crippen molar-refractivity contribution in [3.05, 3.63) is 62.1 Å². The molecule has 0 radical (unpaired) electrons. The van der Waals surface area contributed by atoms with Gasteiger partial charge in [-0.3, -0.25) is 18.7 Å². The van der Waals surface area contributed by atoms with Gasteiger partial charge in [0, 0.05) is 11.6 Å². The molecule has 1 N–H and O–H groups in total. The van der Waals surface area contributed by atoms with E-state index >= 15 is 0 Å². The number of ether oxygens (including phenoxy) is 1. The van der Waals surface area contributed by atoms with Gasteiger partial charge in [-0.25, -0.2) is 4.79 Å². The van der Waals surface area contributed by atoms with Crippen molar-refractivity contribution in [1.82, 2.24) is 14.5 Å². The molecule has 0 saturated carbocycles. The molecule has 0 unspecified atom stereocenters. The molecule has 1 amide bonds. The number of aromatic nitrogens is 2. The van der Waals surface area contributed by atoms with Gasteiger partial charge in [-0.15, -0.1) is 11.3 Å². The van der Waals surface area contributed by atoms with E-state index in [0.717, 1.165) is 16.6 Å². The van der Waals surface area contributed by atoms with Crippen LogP contribution in [-0.4, -0.2) is 28.2 Å². The maximum Gasteiger partial charge on any atom is 0.332 e. The van der Waals surface area contributed by atoms with E-state index in [1.165, 1.54) is 15.9 Å². The number of methoxy groups -OCH3 is 1. The smallest absolute Gasteiger partial charge is 0.332 e. The third-order valence-corrected chi connectivity index (χ3v) is 5.57. The second-order valence-corrected chi connectivity index (χ2v) is 7.50. The van der Waals surface area contributed by atoms with Crippen LogP contribution in [-0.2, 0) is 17.9 Å². The van der Waals surface area contributed by atoms with Crippen LogP contribution in [0.2, 0.25) is 0 Å². The lowest BCUT2D eigenvalue weighted by atomic mass is 10.2. The summed E-state index contributed by atoms with van der Waals surface area (Å²) in [5, 5.41) is 4.61. The first-order valence-corrected chi connectivity index (χ1v) is 9.96. The number of rotatable bonds is 7. The highest BCUT2D eigenvalue weighted by molar-refractivity contribution is 7.17. The van der Waals surface area contributed by atoms with Gasteiger partial charge < -0.3 is 10.1 Å². The van der Waals surface area contributed by atoms with E-state index in [9.17, 15) is 14.4 Å². The zero-order chi connectivity index (χ0) is 20.3. The van der Waals surface area contributed by atoms with Crippen LogP contribution in [0.4, 0.5) is 0 Å². The third kappa shape index (κ3) is 3.87. The van der Waals surface area contributed by atoms with Crippen molar-refractivity contribution >= 4 is 27.5 Å². The maximum absolute atomic E-state index is 13.1. The quantitative estimate of drug-likeness (QED) is 0.658. The molecule has 0 aliphatic rings. The summed E-state index contributed by atoms with van der Waals surface area (Å²) in [6.45, 7) is 3.82. The van der Waals surface area contributed by atoms with Gasteiger partial charge in [0.2, 0.25) is 5.91 Å². The van der Waals surface area contributed by atoms with Gasteiger partial charge in [-0.05, 0) is 30.9 Å². The zero-order valence-electron chi connectivity index (χ0n) is 16.1. The molecule has 148 valence electrons. The Morgan fingerprint density at radius 1 is 1.21 bits per heavy atom. The molecule has 0 aliphatic carbocycles. The average Bonchev–Trinajstić information content (AvgIpc) is 3.18. The Morgan fingerprint density at radius 3 is 2.68 bits per heavy atom. The highest BCUT2D eigenvalue weighted by Gasteiger charge is 2.18. The molecule has 2 aromatic heterocycles. The van der Waals surface area contributed by atoms with Crippen LogP contribution in [0.25, 0.3) is 10.2 Å². The largest absolute Gasteiger partial charge is 0.496 e. The number of thiophene rings is 1. The number of hydrogen-bond donors (Lipinski definition) is 1. The first kappa shape index (κ1) is 19.9. The van der Waals surface area contributed by atoms with Crippen LogP contribution in [0, 0.1) is 0 Å². The van der Waals surface area contributed by atoms with E-state index in [1.807, 2.05) is 32.0 Å². The van der Waals surface area contributed by atoms with Crippen LogP contribution in [0.5, 0.6) is 5.75 Å². The van der Waals surface area contributed by atoms with Crippen LogP contribution < -0.4 is 21.3 Å². The summed E-state index contributed by atoms with van der Waals surface area (Å²) in [5.74, 6) is 0.340. The number of nitrogens with zero attached hydrogens (tertiary/aromatic N) is 2. The summed E-state index contributed by atoms with van der Waals surface area (Å²) in [4.78, 5) is 38.4. The first-order chi connectivity index (χ1) is 13.5. The first-order valence-electron chi connectivity index (χ1n) is 9.08. The fraction of sp³-hybridized carbons (Fsp3) is 0.350. The predicted molar refractivity (Wildman–Crippen MR) is 110 cm³/mol. The minimum Gasteiger partial charge on any atom is -0.496 e. The average molecular weight is 401 g/mol. The normalized spacial score (nSPS) is 12.1. The lowest BCUT2D eigenvalue weighted by Gasteiger charge is -2.15. The van der Waals surface area contributed by atoms with Crippen molar-refractivity contribution < 1.29 is 9.53 Å². The van der Waals surface area contributed by atoms with Gasteiger partial charge in [-0.2, -0.15) is 0 Å². The molecule has 8 heteroatoms. The van der Waals surface area contributed by atoms with E-state index in [0.29, 0.717) is 16.0 Å². The molecule has 0 fully saturated rings. The Bertz CT molecular complexity index is 1110. The molecule has 0 saturated heterocycles. The molecule has 3 aromatic rings. The second kappa shape index (κ2) is 8.43. The van der Waals surface area contributed by atoms with Crippen LogP contribution >= 0.6 is 11.3 Å². The molecule has 1 atom stereocenters. The van der Waals surface area contributed by atoms with Gasteiger partial charge in [0.25, 0.3) is 5.56 Å². The second-order valence-electron chi connectivity index (χ2n) is 6.58. The van der Waals surface area contributed by atoms with E-state index in [2.05, 4.69) is 5.32 Å². The molecular formula is C20H23N3O4S. The Kier molecular flexibility index (Phi) is 5.99. The molecule has 0 bridgehead atoms. The van der Waals surface area contributed by atoms with E-state index < -0.39 is 5.69 Å². The number of benzene rings is 1. The Labute approximate surface area is 166 Å². The summed E-state index contributed by atoms with van der Waals surface area (Å²) in [5.41, 5.74) is 0.326. The summed E-state index contributed by atoms with van der Waals surface area (Å²) in [6.07, 6.45) is 0.793. The van der Waals surface area contributed by atoms with Gasteiger partial charge in [-0.1, -0.05) is 25.1 Å². The number of para-hydroxylation sites is 1. The summed E-state index contributed by atoms with van der Waals surface area (Å²) < 4.78 is 8.31.